The number of aliphatic hydroxyl groups is 1. The van der Waals surface area contributed by atoms with Crippen LogP contribution in [0.4, 0.5) is 0 Å². The molecule has 1 nitrogen and oxygen atoms in total. The van der Waals surface area contributed by atoms with Crippen molar-refractivity contribution in [2.75, 3.05) is 6.61 Å². The van der Waals surface area contributed by atoms with E-state index in [0.717, 1.165) is 35.5 Å². The molecule has 4 aliphatic carbocycles. The van der Waals surface area contributed by atoms with Gasteiger partial charge in [0.1, 0.15) is 0 Å². The maximum absolute atomic E-state index is 9.89. The molecule has 0 spiro atoms. The Morgan fingerprint density at radius 1 is 0.964 bits per heavy atom. The average molecular weight is 389 g/mol. The molecule has 162 valence electrons. The van der Waals surface area contributed by atoms with Gasteiger partial charge in [-0.25, -0.2) is 0 Å². The first-order valence-electron chi connectivity index (χ1n) is 12.8. The quantitative estimate of drug-likeness (QED) is 0.534. The molecule has 0 amide bonds. The minimum Gasteiger partial charge on any atom is -0.396 e. The van der Waals surface area contributed by atoms with Crippen molar-refractivity contribution < 1.29 is 5.11 Å². The molecule has 28 heavy (non-hydrogen) atoms. The van der Waals surface area contributed by atoms with Gasteiger partial charge in [-0.05, 0) is 115 Å². The van der Waals surface area contributed by atoms with Gasteiger partial charge in [0.25, 0.3) is 0 Å². The Kier molecular flexibility index (Phi) is 5.51. The molecule has 4 saturated carbocycles. The molecule has 1 heteroatoms. The van der Waals surface area contributed by atoms with E-state index in [1.165, 1.54) is 64.2 Å². The highest BCUT2D eigenvalue weighted by molar-refractivity contribution is 5.12. The summed E-state index contributed by atoms with van der Waals surface area (Å²) in [6.07, 6.45) is 14.5. The molecule has 0 bridgehead atoms. The fourth-order valence-electron chi connectivity index (χ4n) is 10.2. The SMILES string of the molecule is CCC[C@@]1(C)CC[C@@]2(C)[C@H](CC[C@@H]3[C@@H]2[C@H](C)C[C@]2(C)[C@@H](C(C)CO)CC[C@@H]32)C1. The predicted octanol–water partition coefficient (Wildman–Crippen LogP) is 7.33. The zero-order chi connectivity index (χ0) is 20.3. The van der Waals surface area contributed by atoms with Crippen LogP contribution in [-0.4, -0.2) is 11.7 Å². The van der Waals surface area contributed by atoms with Gasteiger partial charge in [0, 0.05) is 6.61 Å². The van der Waals surface area contributed by atoms with Crippen molar-refractivity contribution in [3.63, 3.8) is 0 Å². The number of hydrogen-bond donors (Lipinski definition) is 1. The first kappa shape index (κ1) is 21.2. The van der Waals surface area contributed by atoms with Crippen molar-refractivity contribution >= 4 is 0 Å². The van der Waals surface area contributed by atoms with Gasteiger partial charge in [-0.1, -0.05) is 48.0 Å². The largest absolute Gasteiger partial charge is 0.396 e. The van der Waals surface area contributed by atoms with Crippen LogP contribution in [0.3, 0.4) is 0 Å². The summed E-state index contributed by atoms with van der Waals surface area (Å²) in [5.74, 6) is 5.90. The van der Waals surface area contributed by atoms with Crippen LogP contribution in [0.15, 0.2) is 0 Å². The van der Waals surface area contributed by atoms with E-state index in [1.807, 2.05) is 0 Å². The van der Waals surface area contributed by atoms with E-state index in [2.05, 4.69) is 41.5 Å². The summed E-state index contributed by atoms with van der Waals surface area (Å²) >= 11 is 0. The van der Waals surface area contributed by atoms with E-state index in [-0.39, 0.29) is 0 Å². The molecule has 4 rings (SSSR count). The molecular weight excluding hydrogens is 340 g/mol. The van der Waals surface area contributed by atoms with Gasteiger partial charge < -0.3 is 5.11 Å². The van der Waals surface area contributed by atoms with E-state index < -0.39 is 0 Å². The molecule has 4 fully saturated rings. The summed E-state index contributed by atoms with van der Waals surface area (Å²) in [6.45, 7) is 15.6. The van der Waals surface area contributed by atoms with E-state index in [4.69, 9.17) is 0 Å². The maximum Gasteiger partial charge on any atom is 0.0459 e. The lowest BCUT2D eigenvalue weighted by atomic mass is 9.40. The topological polar surface area (TPSA) is 20.2 Å². The summed E-state index contributed by atoms with van der Waals surface area (Å²) < 4.78 is 0. The standard InChI is InChI=1S/C27H48O/c1-7-12-25(4)13-14-26(5)20(16-25)8-9-21-23-11-10-22(19(3)17-28)27(23,6)15-18(2)24(21)26/h18-24,28H,7-17H2,1-6H3/t18-,19?,20-,21+,22-,23+,24+,25+,26+,27-/m1/s1. The smallest absolute Gasteiger partial charge is 0.0459 e. The van der Waals surface area contributed by atoms with Crippen LogP contribution in [0.2, 0.25) is 0 Å². The van der Waals surface area contributed by atoms with Gasteiger partial charge in [-0.2, -0.15) is 0 Å². The average Bonchev–Trinajstić information content (AvgIpc) is 2.98. The fourth-order valence-corrected chi connectivity index (χ4v) is 10.2. The van der Waals surface area contributed by atoms with Crippen LogP contribution >= 0.6 is 0 Å². The Bertz CT molecular complexity index is 571. The third-order valence-corrected chi connectivity index (χ3v) is 11.2. The van der Waals surface area contributed by atoms with E-state index in [1.54, 1.807) is 0 Å². The van der Waals surface area contributed by atoms with Gasteiger partial charge >= 0.3 is 0 Å². The van der Waals surface area contributed by atoms with Gasteiger partial charge in [0.05, 0.1) is 0 Å². The lowest BCUT2D eigenvalue weighted by Gasteiger charge is -2.64. The van der Waals surface area contributed by atoms with Gasteiger partial charge in [-0.15, -0.1) is 0 Å². The minimum absolute atomic E-state index is 0.380. The second-order valence-electron chi connectivity index (χ2n) is 12.9. The van der Waals surface area contributed by atoms with E-state index in [0.29, 0.717) is 28.8 Å². The molecule has 0 saturated heterocycles. The van der Waals surface area contributed by atoms with Gasteiger partial charge in [0.15, 0.2) is 0 Å². The summed E-state index contributed by atoms with van der Waals surface area (Å²) in [4.78, 5) is 0. The minimum atomic E-state index is 0.380. The normalized spacial score (nSPS) is 54.5. The third-order valence-electron chi connectivity index (χ3n) is 11.2. The van der Waals surface area contributed by atoms with Crippen LogP contribution in [-0.2, 0) is 0 Å². The van der Waals surface area contributed by atoms with Crippen molar-refractivity contribution in [1.82, 2.24) is 0 Å². The Morgan fingerprint density at radius 3 is 2.39 bits per heavy atom. The number of hydrogen-bond acceptors (Lipinski definition) is 1. The molecular formula is C27H48O. The second kappa shape index (κ2) is 7.28. The summed E-state index contributed by atoms with van der Waals surface area (Å²) in [6, 6.07) is 0. The van der Waals surface area contributed by atoms with Crippen molar-refractivity contribution in [3.05, 3.63) is 0 Å². The fraction of sp³-hybridized carbons (Fsp3) is 1.00. The third kappa shape index (κ3) is 3.04. The van der Waals surface area contributed by atoms with Crippen LogP contribution in [0.5, 0.6) is 0 Å². The summed E-state index contributed by atoms with van der Waals surface area (Å²) in [5, 5.41) is 9.89. The number of fused-ring (bicyclic) bond motifs is 5. The second-order valence-corrected chi connectivity index (χ2v) is 12.9. The van der Waals surface area contributed by atoms with Crippen LogP contribution in [0, 0.1) is 57.7 Å². The highest BCUT2D eigenvalue weighted by atomic mass is 16.3. The van der Waals surface area contributed by atoms with E-state index >= 15 is 0 Å². The molecule has 1 N–H and O–H groups in total. The zero-order valence-electron chi connectivity index (χ0n) is 19.8. The van der Waals surface area contributed by atoms with Crippen molar-refractivity contribution in [2.45, 2.75) is 106 Å². The lowest BCUT2D eigenvalue weighted by molar-refractivity contribution is -0.156. The molecule has 1 unspecified atom stereocenters. The monoisotopic (exact) mass is 388 g/mol. The lowest BCUT2D eigenvalue weighted by Crippen LogP contribution is -2.57. The molecule has 0 aromatic carbocycles. The van der Waals surface area contributed by atoms with Crippen LogP contribution in [0.25, 0.3) is 0 Å². The highest BCUT2D eigenvalue weighted by Crippen LogP contribution is 2.70. The van der Waals surface area contributed by atoms with Crippen molar-refractivity contribution in [3.8, 4) is 0 Å². The molecule has 0 aromatic rings. The first-order valence-corrected chi connectivity index (χ1v) is 12.8. The molecule has 10 atom stereocenters. The predicted molar refractivity (Wildman–Crippen MR) is 119 cm³/mol. The molecule has 0 aromatic heterocycles. The molecule has 0 radical (unpaired) electrons. The van der Waals surface area contributed by atoms with Crippen molar-refractivity contribution in [2.24, 2.45) is 57.7 Å². The maximum atomic E-state index is 9.89. The molecule has 0 aliphatic heterocycles. The van der Waals surface area contributed by atoms with Crippen LogP contribution < -0.4 is 0 Å². The van der Waals surface area contributed by atoms with Gasteiger partial charge in [0.2, 0.25) is 0 Å². The summed E-state index contributed by atoms with van der Waals surface area (Å²) in [7, 11) is 0. The van der Waals surface area contributed by atoms with Gasteiger partial charge in [-0.3, -0.25) is 0 Å². The van der Waals surface area contributed by atoms with E-state index in [9.17, 15) is 5.11 Å². The number of aliphatic hydroxyl groups excluding tert-OH is 1. The Labute approximate surface area is 175 Å². The Balaban J connectivity index is 1.60. The molecule has 4 aliphatic rings. The zero-order valence-corrected chi connectivity index (χ0v) is 19.8. The first-order chi connectivity index (χ1) is 13.2. The molecule has 0 heterocycles. The van der Waals surface area contributed by atoms with Crippen molar-refractivity contribution in [1.29, 1.82) is 0 Å². The Hall–Kier alpha value is -0.0400. The Morgan fingerprint density at radius 2 is 1.71 bits per heavy atom. The highest BCUT2D eigenvalue weighted by Gasteiger charge is 2.63. The van der Waals surface area contributed by atoms with Crippen LogP contribution in [0.1, 0.15) is 106 Å². The summed E-state index contributed by atoms with van der Waals surface area (Å²) in [5.41, 5.74) is 1.70. The number of rotatable bonds is 4.